The molecule has 0 saturated heterocycles. The Hall–Kier alpha value is -4.18. The first-order chi connectivity index (χ1) is 15.9. The van der Waals surface area contributed by atoms with Crippen LogP contribution >= 0.6 is 11.6 Å². The number of nitrogens with one attached hydrogen (secondary N) is 2. The molecule has 4 aromatic rings. The number of nitrogens with two attached hydrogens (primary N) is 1. The van der Waals surface area contributed by atoms with E-state index in [0.29, 0.717) is 28.1 Å². The number of esters is 1. The van der Waals surface area contributed by atoms with E-state index in [-0.39, 0.29) is 23.0 Å². The fourth-order valence-electron chi connectivity index (χ4n) is 3.35. The first-order valence-electron chi connectivity index (χ1n) is 9.98. The highest BCUT2D eigenvalue weighted by Crippen LogP contribution is 2.36. The van der Waals surface area contributed by atoms with Gasteiger partial charge in [-0.3, -0.25) is 5.32 Å². The predicted molar refractivity (Wildman–Crippen MR) is 125 cm³/mol. The number of hydrogen-bond acceptors (Lipinski definition) is 7. The van der Waals surface area contributed by atoms with E-state index in [1.54, 1.807) is 37.3 Å². The normalized spacial score (nSPS) is 10.8. The number of aryl methyl sites for hydroxylation is 1. The SMILES string of the molecule is CCOC(=O)c1cn2ncnc(N)c2c1-c1ccc(NC(=O)Nc2cccc(C)n2)c(Cl)c1. The average molecular weight is 466 g/mol. The van der Waals surface area contributed by atoms with Gasteiger partial charge in [0.25, 0.3) is 0 Å². The Labute approximate surface area is 193 Å². The van der Waals surface area contributed by atoms with E-state index in [9.17, 15) is 9.59 Å². The number of aromatic nitrogens is 4. The third-order valence-electron chi connectivity index (χ3n) is 4.73. The highest BCUT2D eigenvalue weighted by atomic mass is 35.5. The minimum absolute atomic E-state index is 0.193. The number of rotatable bonds is 5. The Balaban J connectivity index is 1.67. The number of nitrogen functional groups attached to an aromatic ring is 1. The number of halogens is 1. The molecular weight excluding hydrogens is 446 g/mol. The number of carbonyl (C=O) groups is 2. The van der Waals surface area contributed by atoms with Gasteiger partial charge in [-0.05, 0) is 43.7 Å². The lowest BCUT2D eigenvalue weighted by Gasteiger charge is -2.11. The summed E-state index contributed by atoms with van der Waals surface area (Å²) < 4.78 is 6.65. The molecule has 0 saturated carbocycles. The van der Waals surface area contributed by atoms with Gasteiger partial charge in [0, 0.05) is 17.5 Å². The number of nitrogens with zero attached hydrogens (tertiary/aromatic N) is 4. The summed E-state index contributed by atoms with van der Waals surface area (Å²) in [4.78, 5) is 33.2. The Morgan fingerprint density at radius 2 is 2.03 bits per heavy atom. The van der Waals surface area contributed by atoms with Crippen molar-refractivity contribution in [2.24, 2.45) is 0 Å². The van der Waals surface area contributed by atoms with Crippen LogP contribution in [0.15, 0.2) is 48.9 Å². The summed E-state index contributed by atoms with van der Waals surface area (Å²) in [6.07, 6.45) is 2.83. The molecule has 4 N–H and O–H groups in total. The smallest absolute Gasteiger partial charge is 0.340 e. The Kier molecular flexibility index (Phi) is 6.09. The van der Waals surface area contributed by atoms with Crippen LogP contribution in [-0.4, -0.2) is 38.2 Å². The molecule has 3 aromatic heterocycles. The molecule has 1 aromatic carbocycles. The van der Waals surface area contributed by atoms with Gasteiger partial charge in [0.1, 0.15) is 17.7 Å². The molecule has 0 aliphatic heterocycles. The number of fused-ring (bicyclic) bond motifs is 1. The van der Waals surface area contributed by atoms with E-state index >= 15 is 0 Å². The van der Waals surface area contributed by atoms with Crippen LogP contribution in [0.2, 0.25) is 5.02 Å². The monoisotopic (exact) mass is 465 g/mol. The van der Waals surface area contributed by atoms with Crippen LogP contribution in [0.25, 0.3) is 16.6 Å². The van der Waals surface area contributed by atoms with Crippen molar-refractivity contribution in [3.63, 3.8) is 0 Å². The molecule has 0 aliphatic carbocycles. The van der Waals surface area contributed by atoms with Crippen LogP contribution in [0.1, 0.15) is 23.0 Å². The summed E-state index contributed by atoms with van der Waals surface area (Å²) in [6.45, 7) is 3.75. The third-order valence-corrected chi connectivity index (χ3v) is 5.05. The quantitative estimate of drug-likeness (QED) is 0.376. The van der Waals surface area contributed by atoms with Crippen LogP contribution in [-0.2, 0) is 4.74 Å². The van der Waals surface area contributed by atoms with Gasteiger partial charge in [0.05, 0.1) is 22.9 Å². The zero-order valence-corrected chi connectivity index (χ0v) is 18.6. The summed E-state index contributed by atoms with van der Waals surface area (Å²) in [5, 5.41) is 9.73. The van der Waals surface area contributed by atoms with Crippen LogP contribution in [0.5, 0.6) is 0 Å². The minimum atomic E-state index is -0.527. The topological polar surface area (TPSA) is 137 Å². The molecule has 0 fully saturated rings. The molecular formula is C22H20ClN7O3. The second-order valence-corrected chi connectivity index (χ2v) is 7.42. The Morgan fingerprint density at radius 1 is 1.21 bits per heavy atom. The zero-order valence-electron chi connectivity index (χ0n) is 17.8. The number of urea groups is 1. The molecule has 2 amide bonds. The van der Waals surface area contributed by atoms with E-state index in [2.05, 4.69) is 25.7 Å². The molecule has 168 valence electrons. The van der Waals surface area contributed by atoms with Crippen molar-refractivity contribution < 1.29 is 14.3 Å². The summed E-state index contributed by atoms with van der Waals surface area (Å²) in [7, 11) is 0. The molecule has 0 atom stereocenters. The first kappa shape index (κ1) is 22.0. The van der Waals surface area contributed by atoms with E-state index < -0.39 is 12.0 Å². The van der Waals surface area contributed by atoms with Gasteiger partial charge in [-0.25, -0.2) is 24.1 Å². The van der Waals surface area contributed by atoms with E-state index in [1.807, 2.05) is 13.0 Å². The minimum Gasteiger partial charge on any atom is -0.462 e. The van der Waals surface area contributed by atoms with Crippen molar-refractivity contribution in [3.8, 4) is 11.1 Å². The van der Waals surface area contributed by atoms with Crippen molar-refractivity contribution in [1.82, 2.24) is 19.6 Å². The number of hydrogen-bond donors (Lipinski definition) is 3. The van der Waals surface area contributed by atoms with Gasteiger partial charge in [-0.1, -0.05) is 23.7 Å². The van der Waals surface area contributed by atoms with Gasteiger partial charge in [0.15, 0.2) is 5.82 Å². The fourth-order valence-corrected chi connectivity index (χ4v) is 3.57. The second kappa shape index (κ2) is 9.13. The molecule has 0 spiro atoms. The van der Waals surface area contributed by atoms with Crippen LogP contribution in [0, 0.1) is 6.92 Å². The number of pyridine rings is 1. The Bertz CT molecular complexity index is 1370. The van der Waals surface area contributed by atoms with Crippen molar-refractivity contribution in [3.05, 3.63) is 65.2 Å². The maximum absolute atomic E-state index is 12.6. The number of ether oxygens (including phenoxy) is 1. The third kappa shape index (κ3) is 4.55. The maximum atomic E-state index is 12.6. The van der Waals surface area contributed by atoms with Gasteiger partial charge in [-0.2, -0.15) is 5.10 Å². The molecule has 33 heavy (non-hydrogen) atoms. The van der Waals surface area contributed by atoms with E-state index in [4.69, 9.17) is 22.1 Å². The number of benzene rings is 1. The molecule has 0 bridgehead atoms. The van der Waals surface area contributed by atoms with Crippen molar-refractivity contribution in [2.75, 3.05) is 23.0 Å². The largest absolute Gasteiger partial charge is 0.462 e. The van der Waals surface area contributed by atoms with Crippen molar-refractivity contribution in [2.45, 2.75) is 13.8 Å². The summed E-state index contributed by atoms with van der Waals surface area (Å²) >= 11 is 6.46. The molecule has 4 rings (SSSR count). The number of amides is 2. The van der Waals surface area contributed by atoms with Gasteiger partial charge >= 0.3 is 12.0 Å². The molecule has 0 unspecified atom stereocenters. The highest BCUT2D eigenvalue weighted by molar-refractivity contribution is 6.34. The standard InChI is InChI=1S/C22H20ClN7O3/c1-3-33-21(31)14-10-30-19(20(24)25-11-26-30)18(14)13-7-8-16(15(23)9-13)28-22(32)29-17-6-4-5-12(2)27-17/h4-11H,3H2,1-2H3,(H2,24,25,26)(H2,27,28,29,32). The molecule has 3 heterocycles. The molecule has 10 nitrogen and oxygen atoms in total. The predicted octanol–water partition coefficient (Wildman–Crippen LogP) is 4.16. The summed E-state index contributed by atoms with van der Waals surface area (Å²) in [6, 6.07) is 9.74. The van der Waals surface area contributed by atoms with Gasteiger partial charge in [0.2, 0.25) is 0 Å². The number of anilines is 3. The average Bonchev–Trinajstić information content (AvgIpc) is 3.16. The Morgan fingerprint density at radius 3 is 2.76 bits per heavy atom. The molecule has 0 aliphatic rings. The van der Waals surface area contributed by atoms with Crippen LogP contribution in [0.4, 0.5) is 22.1 Å². The summed E-state index contributed by atoms with van der Waals surface area (Å²) in [5.41, 5.74) is 8.99. The van der Waals surface area contributed by atoms with Crippen molar-refractivity contribution >= 4 is 46.4 Å². The highest BCUT2D eigenvalue weighted by Gasteiger charge is 2.23. The van der Waals surface area contributed by atoms with Crippen molar-refractivity contribution in [1.29, 1.82) is 0 Å². The van der Waals surface area contributed by atoms with Crippen LogP contribution in [0.3, 0.4) is 0 Å². The van der Waals surface area contributed by atoms with Crippen LogP contribution < -0.4 is 16.4 Å². The second-order valence-electron chi connectivity index (χ2n) is 7.01. The van der Waals surface area contributed by atoms with E-state index in [1.165, 1.54) is 17.0 Å². The maximum Gasteiger partial charge on any atom is 0.340 e. The zero-order chi connectivity index (χ0) is 23.5. The lowest BCUT2D eigenvalue weighted by atomic mass is 10.0. The summed E-state index contributed by atoms with van der Waals surface area (Å²) in [5.74, 6) is 0.0785. The first-order valence-corrected chi connectivity index (χ1v) is 10.4. The van der Waals surface area contributed by atoms with Gasteiger partial charge < -0.3 is 15.8 Å². The fraction of sp³-hybridized carbons (Fsp3) is 0.136. The lowest BCUT2D eigenvalue weighted by molar-refractivity contribution is 0.0527. The molecule has 0 radical (unpaired) electrons. The lowest BCUT2D eigenvalue weighted by Crippen LogP contribution is -2.20. The number of carbonyl (C=O) groups excluding carboxylic acids is 2. The van der Waals surface area contributed by atoms with E-state index in [0.717, 1.165) is 5.69 Å². The van der Waals surface area contributed by atoms with Gasteiger partial charge in [-0.15, -0.1) is 0 Å². The molecule has 11 heteroatoms.